The van der Waals surface area contributed by atoms with Gasteiger partial charge in [0.25, 0.3) is 0 Å². The number of aryl methyl sites for hydroxylation is 2. The van der Waals surface area contributed by atoms with Crippen molar-refractivity contribution in [2.24, 2.45) is 5.92 Å². The van der Waals surface area contributed by atoms with Gasteiger partial charge >= 0.3 is 0 Å². The minimum absolute atomic E-state index is 0.0390. The highest BCUT2D eigenvalue weighted by Gasteiger charge is 2.21. The third-order valence-corrected chi connectivity index (χ3v) is 5.63. The third-order valence-electron chi connectivity index (χ3n) is 3.75. The smallest absolute Gasteiger partial charge is 0.178 e. The van der Waals surface area contributed by atoms with E-state index in [9.17, 15) is 13.5 Å². The van der Waals surface area contributed by atoms with Gasteiger partial charge in [-0.3, -0.25) is 0 Å². The summed E-state index contributed by atoms with van der Waals surface area (Å²) in [5.74, 6) is 0.738. The van der Waals surface area contributed by atoms with E-state index in [4.69, 9.17) is 4.74 Å². The maximum Gasteiger partial charge on any atom is 0.178 e. The first-order chi connectivity index (χ1) is 9.72. The van der Waals surface area contributed by atoms with Crippen molar-refractivity contribution in [2.75, 3.05) is 12.9 Å². The maximum absolute atomic E-state index is 12.5. The molecule has 0 aliphatic carbocycles. The number of hydrogen-bond acceptors (Lipinski definition) is 4. The fourth-order valence-corrected chi connectivity index (χ4v) is 3.87. The molecule has 0 saturated heterocycles. The van der Waals surface area contributed by atoms with E-state index < -0.39 is 15.9 Å². The molecule has 1 unspecified atom stereocenters. The van der Waals surface area contributed by atoms with Gasteiger partial charge in [-0.25, -0.2) is 8.42 Å². The zero-order valence-electron chi connectivity index (χ0n) is 13.5. The normalized spacial score (nSPS) is 13.5. The lowest BCUT2D eigenvalue weighted by molar-refractivity contribution is 0.122. The fraction of sp³-hybridized carbons (Fsp3) is 0.625. The molecule has 1 aromatic carbocycles. The molecule has 0 bridgehead atoms. The van der Waals surface area contributed by atoms with Crippen LogP contribution in [0.1, 0.15) is 38.3 Å². The minimum Gasteiger partial charge on any atom is -0.496 e. The minimum atomic E-state index is -3.39. The second kappa shape index (κ2) is 7.27. The first kappa shape index (κ1) is 18.0. The lowest BCUT2D eigenvalue weighted by atomic mass is 10.1. The topological polar surface area (TPSA) is 63.6 Å². The maximum atomic E-state index is 12.5. The van der Waals surface area contributed by atoms with Gasteiger partial charge in [0.1, 0.15) is 5.75 Å². The fourth-order valence-electron chi connectivity index (χ4n) is 2.22. The monoisotopic (exact) mass is 314 g/mol. The Morgan fingerprint density at radius 2 is 1.90 bits per heavy atom. The quantitative estimate of drug-likeness (QED) is 0.840. The van der Waals surface area contributed by atoms with Crippen LogP contribution in [0.4, 0.5) is 0 Å². The summed E-state index contributed by atoms with van der Waals surface area (Å²) in [6, 6.07) is 3.47. The SMILES string of the molecule is CCc1cc(S(=O)(=O)CCC(O)C(C)C)c(C)cc1OC. The Morgan fingerprint density at radius 1 is 1.29 bits per heavy atom. The first-order valence-corrected chi connectivity index (χ1v) is 8.96. The third kappa shape index (κ3) is 4.45. The Morgan fingerprint density at radius 3 is 2.38 bits per heavy atom. The van der Waals surface area contributed by atoms with Gasteiger partial charge in [-0.05, 0) is 48.9 Å². The molecular formula is C16H26O4S. The predicted octanol–water partition coefficient (Wildman–Crippen LogP) is 2.75. The average Bonchev–Trinajstić information content (AvgIpc) is 2.43. The van der Waals surface area contributed by atoms with E-state index in [1.54, 1.807) is 26.2 Å². The Kier molecular flexibility index (Phi) is 6.23. The van der Waals surface area contributed by atoms with Crippen LogP contribution in [0.5, 0.6) is 5.75 Å². The molecule has 1 rings (SSSR count). The van der Waals surface area contributed by atoms with Crippen LogP contribution < -0.4 is 4.74 Å². The molecule has 0 fully saturated rings. The summed E-state index contributed by atoms with van der Waals surface area (Å²) in [6.45, 7) is 7.50. The van der Waals surface area contributed by atoms with E-state index in [2.05, 4.69) is 0 Å². The lowest BCUT2D eigenvalue weighted by Gasteiger charge is -2.16. The molecule has 0 aliphatic heterocycles. The Labute approximate surface area is 128 Å². The van der Waals surface area contributed by atoms with Crippen molar-refractivity contribution >= 4 is 9.84 Å². The molecule has 1 N–H and O–H groups in total. The number of ether oxygens (including phenoxy) is 1. The van der Waals surface area contributed by atoms with E-state index >= 15 is 0 Å². The molecule has 0 radical (unpaired) electrons. The van der Waals surface area contributed by atoms with Crippen LogP contribution in [0.3, 0.4) is 0 Å². The van der Waals surface area contributed by atoms with Gasteiger partial charge < -0.3 is 9.84 Å². The molecule has 1 atom stereocenters. The lowest BCUT2D eigenvalue weighted by Crippen LogP contribution is -2.20. The largest absolute Gasteiger partial charge is 0.496 e. The first-order valence-electron chi connectivity index (χ1n) is 7.31. The van der Waals surface area contributed by atoms with Crippen LogP contribution in [0, 0.1) is 12.8 Å². The van der Waals surface area contributed by atoms with E-state index in [0.717, 1.165) is 11.3 Å². The number of rotatable bonds is 7. The van der Waals surface area contributed by atoms with Crippen LogP contribution in [0.2, 0.25) is 0 Å². The Balaban J connectivity index is 3.08. The van der Waals surface area contributed by atoms with E-state index in [1.807, 2.05) is 20.8 Å². The molecule has 0 saturated carbocycles. The van der Waals surface area contributed by atoms with Gasteiger partial charge in [-0.15, -0.1) is 0 Å². The molecular weight excluding hydrogens is 288 g/mol. The zero-order valence-corrected chi connectivity index (χ0v) is 14.3. The molecule has 0 heterocycles. The zero-order chi connectivity index (χ0) is 16.2. The van der Waals surface area contributed by atoms with E-state index in [0.29, 0.717) is 16.9 Å². The number of aliphatic hydroxyl groups is 1. The summed E-state index contributed by atoms with van der Waals surface area (Å²) in [4.78, 5) is 0.344. The standard InChI is InChI=1S/C16H26O4S/c1-6-13-10-16(12(4)9-15(13)20-5)21(18,19)8-7-14(17)11(2)3/h9-11,14,17H,6-8H2,1-5H3. The van der Waals surface area contributed by atoms with Crippen molar-refractivity contribution in [3.8, 4) is 5.75 Å². The molecule has 4 nitrogen and oxygen atoms in total. The Bertz CT molecular complexity index is 576. The summed E-state index contributed by atoms with van der Waals surface area (Å²) in [5.41, 5.74) is 1.56. The van der Waals surface area contributed by atoms with Gasteiger partial charge in [0.15, 0.2) is 9.84 Å². The molecule has 0 spiro atoms. The molecule has 1 aromatic rings. The summed E-state index contributed by atoms with van der Waals surface area (Å²) in [5, 5.41) is 9.80. The van der Waals surface area contributed by atoms with Crippen molar-refractivity contribution in [2.45, 2.75) is 51.5 Å². The highest BCUT2D eigenvalue weighted by molar-refractivity contribution is 7.91. The van der Waals surface area contributed by atoms with Gasteiger partial charge in [0.2, 0.25) is 0 Å². The summed E-state index contributed by atoms with van der Waals surface area (Å²) in [7, 11) is -1.81. The highest BCUT2D eigenvalue weighted by Crippen LogP contribution is 2.28. The van der Waals surface area contributed by atoms with Crippen molar-refractivity contribution in [3.63, 3.8) is 0 Å². The van der Waals surface area contributed by atoms with Gasteiger partial charge in [-0.2, -0.15) is 0 Å². The molecule has 0 aromatic heterocycles. The van der Waals surface area contributed by atoms with Crippen molar-refractivity contribution in [1.82, 2.24) is 0 Å². The van der Waals surface area contributed by atoms with Crippen LogP contribution in [-0.4, -0.2) is 32.5 Å². The Hall–Kier alpha value is -1.07. The predicted molar refractivity (Wildman–Crippen MR) is 84.6 cm³/mol. The summed E-state index contributed by atoms with van der Waals surface area (Å²) >= 11 is 0. The van der Waals surface area contributed by atoms with Gasteiger partial charge in [0.05, 0.1) is 23.9 Å². The van der Waals surface area contributed by atoms with Gasteiger partial charge in [-0.1, -0.05) is 20.8 Å². The van der Waals surface area contributed by atoms with Crippen LogP contribution >= 0.6 is 0 Å². The number of benzene rings is 1. The number of sulfone groups is 1. The molecule has 5 heteroatoms. The molecule has 0 amide bonds. The second-order valence-electron chi connectivity index (χ2n) is 5.70. The van der Waals surface area contributed by atoms with Crippen molar-refractivity contribution in [3.05, 3.63) is 23.3 Å². The number of aliphatic hydroxyl groups excluding tert-OH is 1. The van der Waals surface area contributed by atoms with Crippen LogP contribution in [-0.2, 0) is 16.3 Å². The molecule has 120 valence electrons. The molecule has 21 heavy (non-hydrogen) atoms. The number of methoxy groups -OCH3 is 1. The van der Waals surface area contributed by atoms with Crippen molar-refractivity contribution in [1.29, 1.82) is 0 Å². The summed E-state index contributed by atoms with van der Waals surface area (Å²) in [6.07, 6.45) is 0.372. The van der Waals surface area contributed by atoms with Crippen LogP contribution in [0.25, 0.3) is 0 Å². The highest BCUT2D eigenvalue weighted by atomic mass is 32.2. The molecule has 0 aliphatic rings. The van der Waals surface area contributed by atoms with Crippen molar-refractivity contribution < 1.29 is 18.3 Å². The summed E-state index contributed by atoms with van der Waals surface area (Å²) < 4.78 is 30.3. The van der Waals surface area contributed by atoms with E-state index in [1.165, 1.54) is 0 Å². The van der Waals surface area contributed by atoms with Crippen LogP contribution in [0.15, 0.2) is 17.0 Å². The van der Waals surface area contributed by atoms with E-state index in [-0.39, 0.29) is 18.1 Å². The van der Waals surface area contributed by atoms with Gasteiger partial charge in [0, 0.05) is 0 Å². The second-order valence-corrected chi connectivity index (χ2v) is 7.78. The average molecular weight is 314 g/mol. The number of hydrogen-bond donors (Lipinski definition) is 1.